The van der Waals surface area contributed by atoms with E-state index in [9.17, 15) is 4.79 Å². The topological polar surface area (TPSA) is 59.6 Å². The predicted octanol–water partition coefficient (Wildman–Crippen LogP) is 2.88. The van der Waals surface area contributed by atoms with Crippen LogP contribution < -0.4 is 15.4 Å². The zero-order chi connectivity index (χ0) is 16.5. The van der Waals surface area contributed by atoms with Crippen molar-refractivity contribution in [1.29, 1.82) is 0 Å². The summed E-state index contributed by atoms with van der Waals surface area (Å²) in [5.41, 5.74) is 0.434. The molecule has 0 fully saturated rings. The highest BCUT2D eigenvalue weighted by atomic mass is 79.9. The third kappa shape index (κ3) is 6.72. The number of halogens is 1. The summed E-state index contributed by atoms with van der Waals surface area (Å²) in [5.74, 6) is 0.221. The molecule has 1 amide bonds. The molecular weight excluding hydrogens is 368 g/mol. The molecule has 1 rings (SSSR count). The first-order valence-electron chi connectivity index (χ1n) is 6.98. The third-order valence-electron chi connectivity index (χ3n) is 2.59. The van der Waals surface area contributed by atoms with Crippen LogP contribution in [0.2, 0.25) is 0 Å². The van der Waals surface area contributed by atoms with Gasteiger partial charge in [-0.25, -0.2) is 0 Å². The molecule has 0 aliphatic rings. The second-order valence-electron chi connectivity index (χ2n) is 4.86. The lowest BCUT2D eigenvalue weighted by atomic mass is 10.2. The zero-order valence-electron chi connectivity index (χ0n) is 12.9. The molecule has 0 heterocycles. The first-order chi connectivity index (χ1) is 10.4. The predicted molar refractivity (Wildman–Crippen MR) is 94.5 cm³/mol. The summed E-state index contributed by atoms with van der Waals surface area (Å²) in [6.07, 6.45) is 0.789. The van der Waals surface area contributed by atoms with Gasteiger partial charge < -0.3 is 14.8 Å². The van der Waals surface area contributed by atoms with E-state index >= 15 is 0 Å². The van der Waals surface area contributed by atoms with Gasteiger partial charge in [0.05, 0.1) is 11.7 Å². The zero-order valence-corrected chi connectivity index (χ0v) is 15.3. The van der Waals surface area contributed by atoms with Gasteiger partial charge in [-0.15, -0.1) is 0 Å². The summed E-state index contributed by atoms with van der Waals surface area (Å²) < 4.78 is 11.4. The minimum atomic E-state index is -0.304. The number of nitrogens with one attached hydrogen (secondary N) is 2. The summed E-state index contributed by atoms with van der Waals surface area (Å²) in [6, 6.07) is 5.30. The van der Waals surface area contributed by atoms with E-state index in [1.165, 1.54) is 0 Å². The van der Waals surface area contributed by atoms with Crippen LogP contribution in [0.5, 0.6) is 5.75 Å². The van der Waals surface area contributed by atoms with Crippen LogP contribution in [0.25, 0.3) is 0 Å². The van der Waals surface area contributed by atoms with Crippen molar-refractivity contribution in [2.24, 2.45) is 0 Å². The first-order valence-corrected chi connectivity index (χ1v) is 8.18. The molecular formula is C15H21BrN2O3S. The van der Waals surface area contributed by atoms with Crippen LogP contribution in [0.4, 0.5) is 0 Å². The van der Waals surface area contributed by atoms with Gasteiger partial charge in [0, 0.05) is 24.7 Å². The van der Waals surface area contributed by atoms with Gasteiger partial charge in [0.2, 0.25) is 0 Å². The van der Waals surface area contributed by atoms with Crippen molar-refractivity contribution in [3.63, 3.8) is 0 Å². The van der Waals surface area contributed by atoms with Crippen molar-refractivity contribution < 1.29 is 14.3 Å². The summed E-state index contributed by atoms with van der Waals surface area (Å²) in [7, 11) is 1.64. The smallest absolute Gasteiger partial charge is 0.261 e. The fourth-order valence-electron chi connectivity index (χ4n) is 1.67. The van der Waals surface area contributed by atoms with Gasteiger partial charge in [-0.05, 0) is 50.7 Å². The van der Waals surface area contributed by atoms with Crippen molar-refractivity contribution in [2.75, 3.05) is 20.3 Å². The summed E-state index contributed by atoms with van der Waals surface area (Å²) in [6.45, 7) is 5.10. The molecule has 0 aromatic heterocycles. The van der Waals surface area contributed by atoms with E-state index in [0.717, 1.165) is 10.9 Å². The molecule has 0 radical (unpaired) electrons. The second kappa shape index (κ2) is 9.76. The Labute approximate surface area is 144 Å². The van der Waals surface area contributed by atoms with E-state index in [2.05, 4.69) is 26.6 Å². The molecule has 0 spiro atoms. The van der Waals surface area contributed by atoms with Crippen LogP contribution in [-0.4, -0.2) is 37.4 Å². The number of hydrogen-bond donors (Lipinski definition) is 2. The SMILES string of the molecule is COCCCNC(=S)NC(=O)c1cc(Br)ccc1OC(C)C. The van der Waals surface area contributed by atoms with Crippen LogP contribution in [0.15, 0.2) is 22.7 Å². The van der Waals surface area contributed by atoms with Gasteiger partial charge in [0.25, 0.3) is 5.91 Å². The molecule has 0 aliphatic carbocycles. The Morgan fingerprint density at radius 3 is 2.77 bits per heavy atom. The Balaban J connectivity index is 2.67. The summed E-state index contributed by atoms with van der Waals surface area (Å²) in [5, 5.41) is 5.90. The quantitative estimate of drug-likeness (QED) is 0.555. The van der Waals surface area contributed by atoms with E-state index in [4.69, 9.17) is 21.7 Å². The molecule has 2 N–H and O–H groups in total. The number of hydrogen-bond acceptors (Lipinski definition) is 4. The number of benzene rings is 1. The van der Waals surface area contributed by atoms with E-state index in [1.54, 1.807) is 19.2 Å². The molecule has 0 saturated carbocycles. The summed E-state index contributed by atoms with van der Waals surface area (Å²) >= 11 is 8.47. The Bertz CT molecular complexity index is 524. The van der Waals surface area contributed by atoms with Gasteiger partial charge in [-0.3, -0.25) is 10.1 Å². The number of carbonyl (C=O) groups excluding carboxylic acids is 1. The third-order valence-corrected chi connectivity index (χ3v) is 3.33. The van der Waals surface area contributed by atoms with Crippen molar-refractivity contribution in [1.82, 2.24) is 10.6 Å². The lowest BCUT2D eigenvalue weighted by Gasteiger charge is -2.15. The molecule has 0 saturated heterocycles. The Kier molecular flexibility index (Phi) is 8.37. The number of carbonyl (C=O) groups is 1. The Morgan fingerprint density at radius 2 is 2.14 bits per heavy atom. The number of methoxy groups -OCH3 is 1. The Morgan fingerprint density at radius 1 is 1.41 bits per heavy atom. The molecule has 0 unspecified atom stereocenters. The van der Waals surface area contributed by atoms with E-state index < -0.39 is 0 Å². The van der Waals surface area contributed by atoms with Crippen LogP contribution in [0, 0.1) is 0 Å². The fourth-order valence-corrected chi connectivity index (χ4v) is 2.23. The van der Waals surface area contributed by atoms with E-state index in [-0.39, 0.29) is 17.1 Å². The van der Waals surface area contributed by atoms with Crippen LogP contribution in [0.1, 0.15) is 30.6 Å². The Hall–Kier alpha value is -1.18. The monoisotopic (exact) mass is 388 g/mol. The highest BCUT2D eigenvalue weighted by molar-refractivity contribution is 9.10. The fraction of sp³-hybridized carbons (Fsp3) is 0.467. The molecule has 22 heavy (non-hydrogen) atoms. The lowest BCUT2D eigenvalue weighted by Crippen LogP contribution is -2.40. The van der Waals surface area contributed by atoms with Gasteiger partial charge >= 0.3 is 0 Å². The summed E-state index contributed by atoms with van der Waals surface area (Å²) in [4.78, 5) is 12.3. The second-order valence-corrected chi connectivity index (χ2v) is 6.19. The standard InChI is InChI=1S/C15H21BrN2O3S/c1-10(2)21-13-6-5-11(16)9-12(13)14(19)18-15(22)17-7-4-8-20-3/h5-6,9-10H,4,7-8H2,1-3H3,(H2,17,18,19,22). The van der Waals surface area contributed by atoms with Crippen molar-refractivity contribution in [2.45, 2.75) is 26.4 Å². The number of thiocarbonyl (C=S) groups is 1. The molecule has 0 atom stereocenters. The van der Waals surface area contributed by atoms with E-state index in [1.807, 2.05) is 19.9 Å². The maximum absolute atomic E-state index is 12.3. The molecule has 0 aliphatic heterocycles. The average Bonchev–Trinajstić information content (AvgIpc) is 2.45. The van der Waals surface area contributed by atoms with Crippen molar-refractivity contribution in [3.8, 4) is 5.75 Å². The van der Waals surface area contributed by atoms with Gasteiger partial charge in [-0.2, -0.15) is 0 Å². The number of rotatable bonds is 7. The minimum Gasteiger partial charge on any atom is -0.490 e. The molecule has 1 aromatic carbocycles. The van der Waals surface area contributed by atoms with E-state index in [0.29, 0.717) is 24.5 Å². The van der Waals surface area contributed by atoms with Gasteiger partial charge in [-0.1, -0.05) is 15.9 Å². The minimum absolute atomic E-state index is 0.0214. The largest absolute Gasteiger partial charge is 0.490 e. The maximum Gasteiger partial charge on any atom is 0.261 e. The molecule has 5 nitrogen and oxygen atoms in total. The highest BCUT2D eigenvalue weighted by Gasteiger charge is 2.15. The molecule has 7 heteroatoms. The average molecular weight is 389 g/mol. The highest BCUT2D eigenvalue weighted by Crippen LogP contribution is 2.24. The van der Waals surface area contributed by atoms with Crippen LogP contribution in [0.3, 0.4) is 0 Å². The maximum atomic E-state index is 12.3. The van der Waals surface area contributed by atoms with Crippen LogP contribution in [-0.2, 0) is 4.74 Å². The van der Waals surface area contributed by atoms with Crippen molar-refractivity contribution >= 4 is 39.2 Å². The number of ether oxygens (including phenoxy) is 2. The molecule has 1 aromatic rings. The number of amides is 1. The van der Waals surface area contributed by atoms with Crippen molar-refractivity contribution in [3.05, 3.63) is 28.2 Å². The van der Waals surface area contributed by atoms with Gasteiger partial charge in [0.15, 0.2) is 5.11 Å². The molecule has 122 valence electrons. The molecule has 0 bridgehead atoms. The normalized spacial score (nSPS) is 10.4. The van der Waals surface area contributed by atoms with Gasteiger partial charge in [0.1, 0.15) is 5.75 Å². The lowest BCUT2D eigenvalue weighted by molar-refractivity contribution is 0.0971. The first kappa shape index (κ1) is 18.9. The van der Waals surface area contributed by atoms with Crippen LogP contribution >= 0.6 is 28.1 Å².